The van der Waals surface area contributed by atoms with Crippen molar-refractivity contribution in [2.24, 2.45) is 0 Å². The molecule has 33 heteroatoms. The van der Waals surface area contributed by atoms with Crippen LogP contribution in [0.15, 0.2) is 60.3 Å². The molecule has 3 N–H and O–H groups in total. The summed E-state index contributed by atoms with van der Waals surface area (Å²) in [5.41, 5.74) is 0.740. The van der Waals surface area contributed by atoms with E-state index in [4.69, 9.17) is 57.8 Å². The van der Waals surface area contributed by atoms with Gasteiger partial charge in [-0.3, -0.25) is 42.0 Å². The molecular weight excluding hydrogens is 1190 g/mol. The van der Waals surface area contributed by atoms with Crippen LogP contribution in [0.5, 0.6) is 0 Å². The van der Waals surface area contributed by atoms with Gasteiger partial charge in [-0.2, -0.15) is 5.26 Å². The van der Waals surface area contributed by atoms with E-state index >= 15 is 4.39 Å². The second-order valence-corrected chi connectivity index (χ2v) is 38.0. The molecule has 0 saturated carbocycles. The minimum atomic E-state index is -5.27. The highest BCUT2D eigenvalue weighted by atomic mass is 32.5. The highest BCUT2D eigenvalue weighted by molar-refractivity contribution is 8.07. The number of aromatic nitrogens is 7. The molecule has 27 nitrogen and oxygen atoms in total. The highest BCUT2D eigenvalue weighted by Gasteiger charge is 2.57. The molecule has 9 rings (SSSR count). The van der Waals surface area contributed by atoms with Gasteiger partial charge in [0.2, 0.25) is 5.91 Å². The summed E-state index contributed by atoms with van der Waals surface area (Å²) in [7, 11) is -9.54. The lowest BCUT2D eigenvalue weighted by molar-refractivity contribution is -0.121. The maximum Gasteiger partial charge on any atom is 0.472 e. The Labute approximate surface area is 490 Å². The molecule has 456 valence electrons. The quantitative estimate of drug-likeness (QED) is 0.0371. The zero-order valence-electron chi connectivity index (χ0n) is 47.8. The Morgan fingerprint density at radius 1 is 0.929 bits per heavy atom. The lowest BCUT2D eigenvalue weighted by Gasteiger charge is -2.41. The van der Waals surface area contributed by atoms with Gasteiger partial charge in [0.05, 0.1) is 63.8 Å². The molecule has 4 aliphatic rings. The molecule has 10 atom stereocenters. The van der Waals surface area contributed by atoms with Gasteiger partial charge in [-0.05, 0) is 66.5 Å². The molecule has 2 bridgehead atoms. The zero-order chi connectivity index (χ0) is 60.4. The molecule has 3 amide bonds. The number of halogens is 1. The van der Waals surface area contributed by atoms with Crippen molar-refractivity contribution in [3.05, 3.63) is 77.0 Å². The number of aryl methyl sites for hydroxylation is 1. The summed E-state index contributed by atoms with van der Waals surface area (Å²) < 4.78 is 97.5. The number of nitrogens with one attached hydrogen (secondary N) is 2. The van der Waals surface area contributed by atoms with E-state index in [2.05, 4.69) is 50.2 Å². The summed E-state index contributed by atoms with van der Waals surface area (Å²) >= 11 is 6.14. The van der Waals surface area contributed by atoms with E-state index in [9.17, 15) is 33.9 Å². The first-order chi connectivity index (χ1) is 39.8. The number of imidazole rings is 1. The second-order valence-electron chi connectivity index (χ2n) is 23.2. The van der Waals surface area contributed by atoms with Gasteiger partial charge in [0, 0.05) is 26.4 Å². The van der Waals surface area contributed by atoms with Gasteiger partial charge < -0.3 is 52.5 Å². The number of amides is 3. The predicted octanol–water partition coefficient (Wildman–Crippen LogP) is 6.38. The second kappa shape index (κ2) is 26.0. The van der Waals surface area contributed by atoms with Gasteiger partial charge in [-0.1, -0.05) is 58.6 Å². The Bertz CT molecular complexity index is 3420. The predicted molar refractivity (Wildman–Crippen MR) is 309 cm³/mol. The Morgan fingerprint density at radius 2 is 1.68 bits per heavy atom. The number of fused-ring (bicyclic) bond motifs is 4. The molecule has 3 fully saturated rings. The first-order valence-electron chi connectivity index (χ1n) is 27.4. The number of nitrogens with zero attached hydrogens (tertiary/aromatic N) is 9. The van der Waals surface area contributed by atoms with Crippen molar-refractivity contribution in [3.8, 4) is 6.07 Å². The average Bonchev–Trinajstić information content (AvgIpc) is 2.59. The number of carbonyl (C=O) groups excluding carboxylic acids is 3. The van der Waals surface area contributed by atoms with Crippen LogP contribution >= 0.6 is 14.5 Å². The van der Waals surface area contributed by atoms with Crippen molar-refractivity contribution in [2.75, 3.05) is 57.8 Å². The molecule has 0 aliphatic carbocycles. The third kappa shape index (κ3) is 14.4. The number of hydrogen-bond acceptors (Lipinski definition) is 21. The van der Waals surface area contributed by atoms with E-state index in [1.54, 1.807) is 41.4 Å². The first kappa shape index (κ1) is 63.2. The number of phosphoric acid groups is 1. The number of ether oxygens (including phenoxy) is 4. The number of hydrogen-bond donors (Lipinski definition) is 3. The third-order valence-electron chi connectivity index (χ3n) is 15.0. The molecule has 8 heterocycles. The number of benzene rings is 1. The van der Waals surface area contributed by atoms with Crippen LogP contribution in [0.2, 0.25) is 43.8 Å². The van der Waals surface area contributed by atoms with E-state index < -0.39 is 116 Å². The average molecular weight is 1260 g/mol. The summed E-state index contributed by atoms with van der Waals surface area (Å²) in [5, 5.41) is 14.6. The smallest absolute Gasteiger partial charge is 0.450 e. The maximum atomic E-state index is 17.4. The van der Waals surface area contributed by atoms with E-state index in [1.807, 2.05) is 39.9 Å². The molecule has 3 saturated heterocycles. The van der Waals surface area contributed by atoms with Gasteiger partial charge >= 0.3 is 20.6 Å². The van der Waals surface area contributed by atoms with E-state index in [0.717, 1.165) is 6.04 Å². The number of alkyl halides is 1. The van der Waals surface area contributed by atoms with Crippen molar-refractivity contribution in [2.45, 2.75) is 140 Å². The van der Waals surface area contributed by atoms with Crippen LogP contribution < -0.4 is 21.1 Å². The zero-order valence-corrected chi connectivity index (χ0v) is 52.4. The van der Waals surface area contributed by atoms with Crippen molar-refractivity contribution in [1.82, 2.24) is 44.3 Å². The Hall–Kier alpha value is -5.27. The molecular formula is C51H70FN11O16P2SSi2. The lowest BCUT2D eigenvalue weighted by atomic mass is 10.1. The molecule has 4 aromatic heterocycles. The van der Waals surface area contributed by atoms with Crippen LogP contribution in [0.1, 0.15) is 62.0 Å². The minimum absolute atomic E-state index is 0.00674. The number of alkyl carbamates (subject to hydrolysis) is 1. The number of carbonyl (C=O) groups is 3. The van der Waals surface area contributed by atoms with Crippen LogP contribution in [0, 0.1) is 11.3 Å². The van der Waals surface area contributed by atoms with Gasteiger partial charge in [0.25, 0.3) is 11.5 Å². The summed E-state index contributed by atoms with van der Waals surface area (Å²) in [6, 6.07) is 11.5. The first-order valence-corrected chi connectivity index (χ1v) is 38.0. The van der Waals surface area contributed by atoms with E-state index in [0.29, 0.717) is 41.7 Å². The van der Waals surface area contributed by atoms with Crippen LogP contribution in [-0.2, 0) is 80.1 Å². The van der Waals surface area contributed by atoms with Crippen LogP contribution in [-0.4, -0.2) is 162 Å². The standard InChI is InChI=1S/C51H70FN11O16P2SSi2/c1-51(2,3)84(7,8)79-41-35-26-73-80(68,69)77-40-34(75-48(38(40)52)62-25-33-16-12-18-61(43-37(33)44(62)56-28-55-43)46(65)32-14-10-9-11-15-32)27-74-81(82,72-20-13-17-53)78-42(41)49(76-35)63-30-57-39-45(63)58-29-60(47(39)66)19-21-70-31-59-36(64)24-54-50(67)71-22-23-83(4,5)6/h9-11,14-15,25,28-30,34-35,38,40-42,48-49H,12-13,16,18-24,26-27,31H2,1-8H3,(H,54,67)(H,59,64)(H,68,69)/t34-,35-,38-,40-,41-,42-,48-,49-,81?/m1/s1. The Balaban J connectivity index is 0.971. The SMILES string of the molecule is CC(C)(C)[Si](C)(C)O[C@H]1[C@H]2OP(=S)(OCCC#N)OC[C@H]3O[C@@H](n4cc5c6c(ncnc64)N(C(=O)c4ccccc4)CCC5)[C@H](F)[C@@H]3OP(=O)(O)OC[C@H]1O[C@H]2n1cnc2c(=O)n(CCOCNC(=O)CNC(=O)OCC[Si](C)(C)C)cnc21. The van der Waals surface area contributed by atoms with Gasteiger partial charge in [-0.25, -0.2) is 33.7 Å². The lowest BCUT2D eigenvalue weighted by Crippen LogP contribution is -2.50. The molecule has 84 heavy (non-hydrogen) atoms. The fraction of sp³-hybridized carbons (Fsp3) is 0.588. The monoisotopic (exact) mass is 1260 g/mol. The minimum Gasteiger partial charge on any atom is -0.450 e. The van der Waals surface area contributed by atoms with Crippen molar-refractivity contribution in [3.63, 3.8) is 0 Å². The van der Waals surface area contributed by atoms with E-state index in [1.165, 1.54) is 32.7 Å². The molecule has 0 radical (unpaired) electrons. The summed E-state index contributed by atoms with van der Waals surface area (Å²) in [6.45, 7) is 10.6. The number of phosphoric ester groups is 1. The Kier molecular flexibility index (Phi) is 19.6. The number of nitriles is 1. The van der Waals surface area contributed by atoms with E-state index in [-0.39, 0.29) is 68.8 Å². The van der Waals surface area contributed by atoms with Crippen molar-refractivity contribution < 1.29 is 74.2 Å². The number of rotatable bonds is 18. The summed E-state index contributed by atoms with van der Waals surface area (Å²) in [4.78, 5) is 83.4. The van der Waals surface area contributed by atoms with Gasteiger partial charge in [-0.15, -0.1) is 0 Å². The summed E-state index contributed by atoms with van der Waals surface area (Å²) in [6.07, 6.45) is -6.56. The van der Waals surface area contributed by atoms with Crippen LogP contribution in [0.25, 0.3) is 22.2 Å². The molecule has 5 aromatic rings. The van der Waals surface area contributed by atoms with Crippen molar-refractivity contribution >= 4 is 88.7 Å². The van der Waals surface area contributed by atoms with Gasteiger partial charge in [0.15, 0.2) is 38.1 Å². The highest BCUT2D eigenvalue weighted by Crippen LogP contribution is 2.58. The number of anilines is 1. The topological polar surface area (TPSA) is 315 Å². The normalized spacial score (nSPS) is 26.8. The maximum absolute atomic E-state index is 17.4. The van der Waals surface area contributed by atoms with Gasteiger partial charge in [0.1, 0.15) is 67.9 Å². The molecule has 4 aliphatic heterocycles. The fourth-order valence-electron chi connectivity index (χ4n) is 9.56. The van der Waals surface area contributed by atoms with Crippen LogP contribution in [0.4, 0.5) is 15.0 Å². The molecule has 0 spiro atoms. The molecule has 2 unspecified atom stereocenters. The van der Waals surface area contributed by atoms with Crippen LogP contribution in [0.3, 0.4) is 0 Å². The van der Waals surface area contributed by atoms with Crippen molar-refractivity contribution in [1.29, 1.82) is 5.26 Å². The fourth-order valence-corrected chi connectivity index (χ4v) is 14.6. The third-order valence-corrected chi connectivity index (χ3v) is 24.5. The Morgan fingerprint density at radius 3 is 2.42 bits per heavy atom. The largest absolute Gasteiger partial charge is 0.472 e. The summed E-state index contributed by atoms with van der Waals surface area (Å²) in [5.74, 6) is -0.485. The molecule has 1 aromatic carbocycles.